The van der Waals surface area contributed by atoms with Gasteiger partial charge in [-0.05, 0) is 28.1 Å². The zero-order valence-corrected chi connectivity index (χ0v) is 10.5. The third kappa shape index (κ3) is 2.74. The van der Waals surface area contributed by atoms with Gasteiger partial charge >= 0.3 is 5.97 Å². The first-order chi connectivity index (χ1) is 7.62. The molecule has 0 aliphatic carbocycles. The van der Waals surface area contributed by atoms with Crippen LogP contribution in [0.2, 0.25) is 0 Å². The van der Waals surface area contributed by atoms with E-state index in [0.717, 1.165) is 0 Å². The van der Waals surface area contributed by atoms with E-state index in [9.17, 15) is 4.79 Å². The van der Waals surface area contributed by atoms with Gasteiger partial charge in [-0.15, -0.1) is 0 Å². The zero-order valence-electron chi connectivity index (χ0n) is 8.91. The lowest BCUT2D eigenvalue weighted by Crippen LogP contribution is -2.06. The second-order valence-corrected chi connectivity index (χ2v) is 3.86. The minimum absolute atomic E-state index is 0.115. The molecule has 0 N–H and O–H groups in total. The van der Waals surface area contributed by atoms with Crippen molar-refractivity contribution in [3.05, 3.63) is 27.7 Å². The molecule has 0 bridgehead atoms. The van der Waals surface area contributed by atoms with E-state index in [1.54, 1.807) is 12.1 Å². The maximum absolute atomic E-state index is 11.2. The van der Waals surface area contributed by atoms with E-state index < -0.39 is 0 Å². The molecule has 0 fully saturated rings. The Morgan fingerprint density at radius 2 is 2.19 bits per heavy atom. The van der Waals surface area contributed by atoms with Gasteiger partial charge in [-0.3, -0.25) is 4.79 Å². The quantitative estimate of drug-likeness (QED) is 0.797. The number of hydrogen-bond donors (Lipinski definition) is 0. The number of esters is 1. The molecule has 0 radical (unpaired) electrons. The summed E-state index contributed by atoms with van der Waals surface area (Å²) >= 11 is 3.25. The van der Waals surface area contributed by atoms with E-state index in [2.05, 4.69) is 20.7 Å². The number of hydrogen-bond acceptors (Lipinski definition) is 4. The van der Waals surface area contributed by atoms with Crippen LogP contribution in [0.25, 0.3) is 0 Å². The molecule has 16 heavy (non-hydrogen) atoms. The molecule has 4 nitrogen and oxygen atoms in total. The number of benzene rings is 1. The molecule has 1 aromatic rings. The third-order valence-corrected chi connectivity index (χ3v) is 2.71. The predicted molar refractivity (Wildman–Crippen MR) is 61.1 cm³/mol. The van der Waals surface area contributed by atoms with Crippen LogP contribution in [0.15, 0.2) is 16.6 Å². The number of carbonyl (C=O) groups is 1. The average molecular weight is 284 g/mol. The minimum Gasteiger partial charge on any atom is -0.496 e. The molecular formula is C11H10BrNO3. The summed E-state index contributed by atoms with van der Waals surface area (Å²) in [6.45, 7) is 0. The third-order valence-electron chi connectivity index (χ3n) is 2.05. The highest BCUT2D eigenvalue weighted by Gasteiger charge is 2.12. The van der Waals surface area contributed by atoms with E-state index in [1.807, 2.05) is 6.07 Å². The summed E-state index contributed by atoms with van der Waals surface area (Å²) in [5.74, 6) is 0.153. The van der Waals surface area contributed by atoms with E-state index in [4.69, 9.17) is 10.00 Å². The highest BCUT2D eigenvalue weighted by molar-refractivity contribution is 9.10. The van der Waals surface area contributed by atoms with Crippen molar-refractivity contribution < 1.29 is 14.3 Å². The summed E-state index contributed by atoms with van der Waals surface area (Å²) in [4.78, 5) is 11.2. The number of rotatable bonds is 3. The van der Waals surface area contributed by atoms with Crippen LogP contribution in [0.1, 0.15) is 11.1 Å². The second-order valence-electron chi connectivity index (χ2n) is 3.01. The molecule has 0 spiro atoms. The Kier molecular flexibility index (Phi) is 4.32. The van der Waals surface area contributed by atoms with Crippen LogP contribution in [0.5, 0.6) is 5.75 Å². The number of ether oxygens (including phenoxy) is 2. The lowest BCUT2D eigenvalue weighted by molar-refractivity contribution is -0.139. The minimum atomic E-state index is -0.352. The highest BCUT2D eigenvalue weighted by Crippen LogP contribution is 2.27. The van der Waals surface area contributed by atoms with Crippen LogP contribution in [0, 0.1) is 11.3 Å². The van der Waals surface area contributed by atoms with Crippen molar-refractivity contribution >= 4 is 21.9 Å². The molecule has 0 atom stereocenters. The average Bonchev–Trinajstić information content (AvgIpc) is 2.29. The van der Waals surface area contributed by atoms with Gasteiger partial charge in [0.1, 0.15) is 11.8 Å². The molecule has 84 valence electrons. The summed E-state index contributed by atoms with van der Waals surface area (Å²) in [6.07, 6.45) is 0.115. The van der Waals surface area contributed by atoms with Gasteiger partial charge in [-0.1, -0.05) is 0 Å². The van der Waals surface area contributed by atoms with Crippen LogP contribution >= 0.6 is 15.9 Å². The van der Waals surface area contributed by atoms with Gasteiger partial charge in [-0.25, -0.2) is 0 Å². The summed E-state index contributed by atoms with van der Waals surface area (Å²) in [6, 6.07) is 5.30. The van der Waals surface area contributed by atoms with Gasteiger partial charge in [0.15, 0.2) is 0 Å². The number of methoxy groups -OCH3 is 2. The van der Waals surface area contributed by atoms with Crippen LogP contribution in [-0.4, -0.2) is 20.2 Å². The highest BCUT2D eigenvalue weighted by atomic mass is 79.9. The lowest BCUT2D eigenvalue weighted by Gasteiger charge is -2.09. The summed E-state index contributed by atoms with van der Waals surface area (Å²) in [5.41, 5.74) is 1.14. The van der Waals surface area contributed by atoms with Crippen LogP contribution in [0.3, 0.4) is 0 Å². The fourth-order valence-corrected chi connectivity index (χ4v) is 1.72. The molecule has 0 unspecified atom stereocenters. The molecular weight excluding hydrogens is 274 g/mol. The Morgan fingerprint density at radius 3 is 2.69 bits per heavy atom. The first-order valence-electron chi connectivity index (χ1n) is 4.45. The Hall–Kier alpha value is -1.54. The van der Waals surface area contributed by atoms with Crippen LogP contribution in [-0.2, 0) is 16.0 Å². The van der Waals surface area contributed by atoms with Gasteiger partial charge in [0.2, 0.25) is 0 Å². The second kappa shape index (κ2) is 5.52. The summed E-state index contributed by atoms with van der Waals surface area (Å²) < 4.78 is 10.3. The Bertz CT molecular complexity index is 451. The first-order valence-corrected chi connectivity index (χ1v) is 5.25. The van der Waals surface area contributed by atoms with E-state index in [0.29, 0.717) is 21.3 Å². The van der Waals surface area contributed by atoms with Crippen molar-refractivity contribution in [1.82, 2.24) is 0 Å². The van der Waals surface area contributed by atoms with E-state index in [1.165, 1.54) is 14.2 Å². The van der Waals surface area contributed by atoms with Crippen molar-refractivity contribution in [2.45, 2.75) is 6.42 Å². The van der Waals surface area contributed by atoms with Gasteiger partial charge in [0, 0.05) is 10.0 Å². The molecule has 0 saturated carbocycles. The monoisotopic (exact) mass is 283 g/mol. The molecule has 0 amide bonds. The SMILES string of the molecule is COC(=O)Cc1cc(Br)c(C#N)cc1OC. The molecule has 0 saturated heterocycles. The van der Waals surface area contributed by atoms with Crippen LogP contribution < -0.4 is 4.74 Å². The Labute approximate surface area is 102 Å². The standard InChI is InChI=1S/C11H10BrNO3/c1-15-10-4-8(6-13)9(12)3-7(10)5-11(14)16-2/h3-4H,5H2,1-2H3. The molecule has 0 aliphatic rings. The maximum atomic E-state index is 11.2. The molecule has 0 aliphatic heterocycles. The number of nitrogens with zero attached hydrogens (tertiary/aromatic N) is 1. The fraction of sp³-hybridized carbons (Fsp3) is 0.273. The fourth-order valence-electron chi connectivity index (χ4n) is 1.24. The van der Waals surface area contributed by atoms with Crippen LogP contribution in [0.4, 0.5) is 0 Å². The van der Waals surface area contributed by atoms with Crippen molar-refractivity contribution in [1.29, 1.82) is 5.26 Å². The van der Waals surface area contributed by atoms with Gasteiger partial charge in [0.25, 0.3) is 0 Å². The molecule has 0 heterocycles. The van der Waals surface area contributed by atoms with Crippen molar-refractivity contribution in [3.8, 4) is 11.8 Å². The molecule has 1 aromatic carbocycles. The molecule has 5 heteroatoms. The summed E-state index contributed by atoms with van der Waals surface area (Å²) in [5, 5.41) is 8.83. The number of carbonyl (C=O) groups excluding carboxylic acids is 1. The topological polar surface area (TPSA) is 59.3 Å². The number of halogens is 1. The first kappa shape index (κ1) is 12.5. The van der Waals surface area contributed by atoms with E-state index >= 15 is 0 Å². The van der Waals surface area contributed by atoms with Gasteiger partial charge < -0.3 is 9.47 Å². The molecule has 1 rings (SSSR count). The van der Waals surface area contributed by atoms with E-state index in [-0.39, 0.29) is 12.4 Å². The zero-order chi connectivity index (χ0) is 12.1. The lowest BCUT2D eigenvalue weighted by atomic mass is 10.1. The predicted octanol–water partition coefficient (Wildman–Crippen LogP) is 2.04. The number of nitriles is 1. The summed E-state index contributed by atoms with van der Waals surface area (Å²) in [7, 11) is 2.82. The van der Waals surface area contributed by atoms with Crippen molar-refractivity contribution in [2.24, 2.45) is 0 Å². The smallest absolute Gasteiger partial charge is 0.310 e. The normalized spacial score (nSPS) is 9.38. The largest absolute Gasteiger partial charge is 0.496 e. The van der Waals surface area contributed by atoms with Gasteiger partial charge in [-0.2, -0.15) is 5.26 Å². The molecule has 0 aromatic heterocycles. The Balaban J connectivity index is 3.14. The maximum Gasteiger partial charge on any atom is 0.310 e. The van der Waals surface area contributed by atoms with Gasteiger partial charge in [0.05, 0.1) is 26.2 Å². The van der Waals surface area contributed by atoms with Crippen molar-refractivity contribution in [3.63, 3.8) is 0 Å². The Morgan fingerprint density at radius 1 is 1.50 bits per heavy atom. The van der Waals surface area contributed by atoms with Crippen molar-refractivity contribution in [2.75, 3.05) is 14.2 Å².